The highest BCUT2D eigenvalue weighted by atomic mass is 16.6. The van der Waals surface area contributed by atoms with E-state index in [1.807, 2.05) is 0 Å². The molecule has 2 rings (SSSR count). The number of esters is 1. The van der Waals surface area contributed by atoms with Crippen LogP contribution in [0.4, 0.5) is 0 Å². The van der Waals surface area contributed by atoms with Crippen molar-refractivity contribution in [3.63, 3.8) is 0 Å². The zero-order valence-corrected chi connectivity index (χ0v) is 10.8. The summed E-state index contributed by atoms with van der Waals surface area (Å²) < 4.78 is 20.0. The number of aromatic nitrogens is 1. The molecule has 0 fully saturated rings. The minimum Gasteiger partial charge on any atom is -0.497 e. The maximum absolute atomic E-state index is 11.5. The van der Waals surface area contributed by atoms with Crippen molar-refractivity contribution >= 4 is 5.97 Å². The van der Waals surface area contributed by atoms with Crippen LogP contribution >= 0.6 is 0 Å². The van der Waals surface area contributed by atoms with Crippen LogP contribution < -0.4 is 9.47 Å². The highest BCUT2D eigenvalue weighted by Gasteiger charge is 2.22. The van der Waals surface area contributed by atoms with Crippen molar-refractivity contribution in [2.45, 2.75) is 0 Å². The third kappa shape index (κ3) is 2.52. The minimum absolute atomic E-state index is 0.0100. The Balaban J connectivity index is 2.39. The topological polar surface area (TPSA) is 70.8 Å². The van der Waals surface area contributed by atoms with E-state index in [1.54, 1.807) is 31.4 Å². The molecular formula is C13H13NO5. The van der Waals surface area contributed by atoms with E-state index in [2.05, 4.69) is 9.72 Å². The van der Waals surface area contributed by atoms with Crippen LogP contribution in [-0.4, -0.2) is 32.3 Å². The summed E-state index contributed by atoms with van der Waals surface area (Å²) >= 11 is 0. The summed E-state index contributed by atoms with van der Waals surface area (Å²) in [6, 6.07) is 7.07. The number of hydrogen-bond acceptors (Lipinski definition) is 6. The van der Waals surface area contributed by atoms with Crippen molar-refractivity contribution in [1.82, 2.24) is 4.98 Å². The molecule has 0 radical (unpaired) electrons. The summed E-state index contributed by atoms with van der Waals surface area (Å²) in [4.78, 5) is 15.6. The number of carbonyl (C=O) groups is 1. The van der Waals surface area contributed by atoms with Gasteiger partial charge in [0.25, 0.3) is 0 Å². The lowest BCUT2D eigenvalue weighted by Gasteiger charge is -1.99. The van der Waals surface area contributed by atoms with Crippen LogP contribution in [0.25, 0.3) is 11.5 Å². The van der Waals surface area contributed by atoms with Crippen LogP contribution in [0, 0.1) is 0 Å². The Labute approximate surface area is 109 Å². The standard InChI is InChI=1S/C13H13NO5/c1-16-9-6-4-8(5-7-9)11-14-10(12(15)17-2)13(18-3)19-11/h4-7H,1-3H3. The van der Waals surface area contributed by atoms with Crippen LogP contribution in [0.2, 0.25) is 0 Å². The van der Waals surface area contributed by atoms with Gasteiger partial charge in [-0.3, -0.25) is 0 Å². The van der Waals surface area contributed by atoms with Crippen molar-refractivity contribution in [2.75, 3.05) is 21.3 Å². The van der Waals surface area contributed by atoms with Gasteiger partial charge in [0.05, 0.1) is 21.3 Å². The third-order valence-corrected chi connectivity index (χ3v) is 2.50. The molecule has 0 unspecified atom stereocenters. The van der Waals surface area contributed by atoms with E-state index in [-0.39, 0.29) is 17.5 Å². The molecule has 0 bridgehead atoms. The molecule has 2 aromatic rings. The van der Waals surface area contributed by atoms with E-state index in [4.69, 9.17) is 13.9 Å². The molecule has 19 heavy (non-hydrogen) atoms. The Hall–Kier alpha value is -2.50. The summed E-state index contributed by atoms with van der Waals surface area (Å²) in [7, 11) is 4.24. The Morgan fingerprint density at radius 1 is 1.11 bits per heavy atom. The van der Waals surface area contributed by atoms with Gasteiger partial charge in [-0.2, -0.15) is 4.98 Å². The summed E-state index contributed by atoms with van der Waals surface area (Å²) in [6.45, 7) is 0. The first kappa shape index (κ1) is 12.9. The second-order valence-electron chi connectivity index (χ2n) is 3.58. The third-order valence-electron chi connectivity index (χ3n) is 2.50. The molecular weight excluding hydrogens is 250 g/mol. The van der Waals surface area contributed by atoms with E-state index < -0.39 is 5.97 Å². The molecule has 6 nitrogen and oxygen atoms in total. The maximum Gasteiger partial charge on any atom is 0.364 e. The largest absolute Gasteiger partial charge is 0.497 e. The lowest BCUT2D eigenvalue weighted by atomic mass is 10.2. The fraction of sp³-hybridized carbons (Fsp3) is 0.231. The first-order chi connectivity index (χ1) is 9.19. The molecule has 0 saturated carbocycles. The van der Waals surface area contributed by atoms with E-state index in [0.29, 0.717) is 5.56 Å². The fourth-order valence-electron chi connectivity index (χ4n) is 1.53. The predicted molar refractivity (Wildman–Crippen MR) is 66.4 cm³/mol. The molecule has 100 valence electrons. The van der Waals surface area contributed by atoms with Crippen LogP contribution in [0.3, 0.4) is 0 Å². The Morgan fingerprint density at radius 2 is 1.79 bits per heavy atom. The van der Waals surface area contributed by atoms with Gasteiger partial charge in [-0.05, 0) is 24.3 Å². The van der Waals surface area contributed by atoms with E-state index in [1.165, 1.54) is 14.2 Å². The highest BCUT2D eigenvalue weighted by molar-refractivity contribution is 5.90. The molecule has 0 aliphatic heterocycles. The van der Waals surface area contributed by atoms with E-state index in [9.17, 15) is 4.79 Å². The molecule has 0 N–H and O–H groups in total. The van der Waals surface area contributed by atoms with Gasteiger partial charge < -0.3 is 18.6 Å². The Kier molecular flexibility index (Phi) is 3.70. The van der Waals surface area contributed by atoms with Crippen molar-refractivity contribution in [2.24, 2.45) is 0 Å². The highest BCUT2D eigenvalue weighted by Crippen LogP contribution is 2.28. The number of benzene rings is 1. The maximum atomic E-state index is 11.5. The summed E-state index contributed by atoms with van der Waals surface area (Å²) in [6.07, 6.45) is 0. The minimum atomic E-state index is -0.611. The first-order valence-corrected chi connectivity index (χ1v) is 5.47. The number of carbonyl (C=O) groups excluding carboxylic acids is 1. The normalized spacial score (nSPS) is 10.1. The van der Waals surface area contributed by atoms with Gasteiger partial charge >= 0.3 is 11.9 Å². The molecule has 1 aromatic heterocycles. The van der Waals surface area contributed by atoms with Gasteiger partial charge in [-0.1, -0.05) is 0 Å². The van der Waals surface area contributed by atoms with Crippen molar-refractivity contribution in [1.29, 1.82) is 0 Å². The van der Waals surface area contributed by atoms with Gasteiger partial charge in [0.15, 0.2) is 0 Å². The predicted octanol–water partition coefficient (Wildman–Crippen LogP) is 2.15. The summed E-state index contributed by atoms with van der Waals surface area (Å²) in [5.41, 5.74) is 0.713. The van der Waals surface area contributed by atoms with Crippen LogP contribution in [0.5, 0.6) is 11.7 Å². The Bertz CT molecular complexity index is 573. The smallest absolute Gasteiger partial charge is 0.364 e. The quantitative estimate of drug-likeness (QED) is 0.787. The number of nitrogens with zero attached hydrogens (tertiary/aromatic N) is 1. The first-order valence-electron chi connectivity index (χ1n) is 5.47. The average Bonchev–Trinajstić information content (AvgIpc) is 2.90. The second kappa shape index (κ2) is 5.43. The molecule has 0 atom stereocenters. The zero-order chi connectivity index (χ0) is 13.8. The molecule has 1 aromatic carbocycles. The Morgan fingerprint density at radius 3 is 2.32 bits per heavy atom. The monoisotopic (exact) mass is 263 g/mol. The van der Waals surface area contributed by atoms with Gasteiger partial charge in [0.2, 0.25) is 11.6 Å². The number of rotatable bonds is 4. The van der Waals surface area contributed by atoms with E-state index >= 15 is 0 Å². The van der Waals surface area contributed by atoms with Crippen LogP contribution in [-0.2, 0) is 4.74 Å². The van der Waals surface area contributed by atoms with Crippen molar-refractivity contribution in [3.05, 3.63) is 30.0 Å². The van der Waals surface area contributed by atoms with Crippen LogP contribution in [0.15, 0.2) is 28.7 Å². The molecule has 1 heterocycles. The number of hydrogen-bond donors (Lipinski definition) is 0. The number of methoxy groups -OCH3 is 3. The number of ether oxygens (including phenoxy) is 3. The molecule has 6 heteroatoms. The van der Waals surface area contributed by atoms with Gasteiger partial charge in [0, 0.05) is 5.56 Å². The van der Waals surface area contributed by atoms with Gasteiger partial charge in [-0.15, -0.1) is 0 Å². The van der Waals surface area contributed by atoms with Gasteiger partial charge in [-0.25, -0.2) is 4.79 Å². The molecule has 0 aliphatic carbocycles. The average molecular weight is 263 g/mol. The number of oxazole rings is 1. The van der Waals surface area contributed by atoms with Crippen molar-refractivity contribution in [3.8, 4) is 23.1 Å². The fourth-order valence-corrected chi connectivity index (χ4v) is 1.53. The summed E-state index contributed by atoms with van der Waals surface area (Å²) in [5, 5.41) is 0. The van der Waals surface area contributed by atoms with Crippen LogP contribution in [0.1, 0.15) is 10.5 Å². The zero-order valence-electron chi connectivity index (χ0n) is 10.8. The second-order valence-corrected chi connectivity index (χ2v) is 3.58. The molecule has 0 aliphatic rings. The lowest BCUT2D eigenvalue weighted by Crippen LogP contribution is -2.03. The van der Waals surface area contributed by atoms with E-state index in [0.717, 1.165) is 5.75 Å². The summed E-state index contributed by atoms with van der Waals surface area (Å²) in [5.74, 6) is 0.411. The lowest BCUT2D eigenvalue weighted by molar-refractivity contribution is 0.0588. The SMILES string of the molecule is COC(=O)c1nc(-c2ccc(OC)cc2)oc1OC. The molecule has 0 saturated heterocycles. The molecule has 0 amide bonds. The molecule has 0 spiro atoms. The van der Waals surface area contributed by atoms with Crippen molar-refractivity contribution < 1.29 is 23.4 Å². The van der Waals surface area contributed by atoms with Gasteiger partial charge in [0.1, 0.15) is 5.75 Å².